The Morgan fingerprint density at radius 1 is 1.24 bits per heavy atom. The summed E-state index contributed by atoms with van der Waals surface area (Å²) in [6.07, 6.45) is 0.232. The molecule has 1 N–H and O–H groups in total. The molecule has 196 valence electrons. The number of hydrogen-bond donors (Lipinski definition) is 1. The summed E-state index contributed by atoms with van der Waals surface area (Å²) in [5.74, 6) is 0.789. The third-order valence-electron chi connectivity index (χ3n) is 5.60. The van der Waals surface area contributed by atoms with E-state index in [1.54, 1.807) is 43.5 Å². The zero-order chi connectivity index (χ0) is 26.2. The molecule has 4 aromatic rings. The van der Waals surface area contributed by atoms with Gasteiger partial charge in [-0.15, -0.1) is 11.3 Å². The maximum atomic E-state index is 14.3. The number of aliphatic hydroxyl groups is 1. The number of ether oxygens (including phenoxy) is 4. The molecule has 4 heterocycles. The first-order chi connectivity index (χ1) is 17.8. The highest BCUT2D eigenvalue weighted by molar-refractivity contribution is 7.93. The minimum Gasteiger partial charge on any atom is -0.454 e. The van der Waals surface area contributed by atoms with E-state index in [1.807, 2.05) is 0 Å². The number of methoxy groups -OCH3 is 1. The van der Waals surface area contributed by atoms with Gasteiger partial charge in [0.15, 0.2) is 11.5 Å². The van der Waals surface area contributed by atoms with E-state index in [-0.39, 0.29) is 40.7 Å². The number of benzene rings is 1. The number of hydrogen-bond acceptors (Lipinski definition) is 11. The van der Waals surface area contributed by atoms with Crippen molar-refractivity contribution in [3.63, 3.8) is 0 Å². The number of aryl methyl sites for hydroxylation is 1. The van der Waals surface area contributed by atoms with Crippen LogP contribution in [0.25, 0.3) is 10.2 Å². The highest BCUT2D eigenvalue weighted by atomic mass is 35.5. The molecular weight excluding hydrogens is 546 g/mol. The van der Waals surface area contributed by atoms with Crippen LogP contribution in [0.1, 0.15) is 22.2 Å². The molecule has 1 aromatic carbocycles. The summed E-state index contributed by atoms with van der Waals surface area (Å²) in [7, 11) is -2.92. The van der Waals surface area contributed by atoms with Crippen LogP contribution < -0.4 is 13.8 Å². The number of thiophene rings is 1. The fourth-order valence-electron chi connectivity index (χ4n) is 3.75. The lowest BCUT2D eigenvalue weighted by atomic mass is 10.1. The third-order valence-corrected chi connectivity index (χ3v) is 9.13. The molecule has 5 rings (SSSR count). The SMILES string of the molecule is COCCOCN(c1onc(C)c1Cl)S(=O)(=O)c1c(C(O)c2ccc3c(c2)OCO3)sc2ncccc12. The molecule has 1 aliphatic rings. The zero-order valence-corrected chi connectivity index (χ0v) is 22.1. The van der Waals surface area contributed by atoms with Crippen LogP contribution in [-0.4, -0.2) is 57.5 Å². The van der Waals surface area contributed by atoms with Gasteiger partial charge in [-0.25, -0.2) is 17.7 Å². The van der Waals surface area contributed by atoms with Gasteiger partial charge in [0.1, 0.15) is 33.3 Å². The van der Waals surface area contributed by atoms with Crippen molar-refractivity contribution in [2.75, 3.05) is 38.2 Å². The van der Waals surface area contributed by atoms with E-state index in [0.29, 0.717) is 33.0 Å². The molecule has 0 amide bonds. The van der Waals surface area contributed by atoms with Crippen LogP contribution in [0.4, 0.5) is 5.88 Å². The average molecular weight is 568 g/mol. The van der Waals surface area contributed by atoms with Crippen LogP contribution in [0, 0.1) is 6.92 Å². The van der Waals surface area contributed by atoms with Crippen molar-refractivity contribution in [2.24, 2.45) is 0 Å². The van der Waals surface area contributed by atoms with Gasteiger partial charge < -0.3 is 28.6 Å². The molecular formula is C23H22ClN3O8S2. The monoisotopic (exact) mass is 567 g/mol. The van der Waals surface area contributed by atoms with Crippen LogP contribution in [0.2, 0.25) is 5.02 Å². The Hall–Kier alpha value is -2.94. The first kappa shape index (κ1) is 25.7. The molecule has 0 radical (unpaired) electrons. The predicted octanol–water partition coefficient (Wildman–Crippen LogP) is 3.87. The number of nitrogens with zero attached hydrogens (tertiary/aromatic N) is 3. The fraction of sp³-hybridized carbons (Fsp3) is 0.304. The Bertz CT molecular complexity index is 1540. The minimum absolute atomic E-state index is 0.0226. The van der Waals surface area contributed by atoms with E-state index in [1.165, 1.54) is 7.11 Å². The maximum absolute atomic E-state index is 14.3. The molecule has 0 saturated heterocycles. The quantitative estimate of drug-likeness (QED) is 0.222. The zero-order valence-electron chi connectivity index (χ0n) is 19.7. The number of sulfonamides is 1. The van der Waals surface area contributed by atoms with Crippen LogP contribution >= 0.6 is 22.9 Å². The molecule has 0 fully saturated rings. The summed E-state index contributed by atoms with van der Waals surface area (Å²) in [5.41, 5.74) is 0.731. The summed E-state index contributed by atoms with van der Waals surface area (Å²) in [4.78, 5) is 4.75. The van der Waals surface area contributed by atoms with E-state index in [0.717, 1.165) is 15.6 Å². The first-order valence-electron chi connectivity index (χ1n) is 11.0. The molecule has 0 spiro atoms. The Morgan fingerprint density at radius 3 is 2.81 bits per heavy atom. The van der Waals surface area contributed by atoms with E-state index >= 15 is 0 Å². The molecule has 37 heavy (non-hydrogen) atoms. The van der Waals surface area contributed by atoms with Crippen LogP contribution in [0.3, 0.4) is 0 Å². The lowest BCUT2D eigenvalue weighted by Gasteiger charge is -2.23. The number of rotatable bonds is 10. The number of halogens is 1. The summed E-state index contributed by atoms with van der Waals surface area (Å²) in [5, 5.41) is 15.6. The number of fused-ring (bicyclic) bond motifs is 2. The van der Waals surface area contributed by atoms with Crippen molar-refractivity contribution < 1.29 is 37.0 Å². The topological polar surface area (TPSA) is 133 Å². The van der Waals surface area contributed by atoms with E-state index in [4.69, 9.17) is 35.1 Å². The van der Waals surface area contributed by atoms with Crippen molar-refractivity contribution in [2.45, 2.75) is 17.9 Å². The van der Waals surface area contributed by atoms with Gasteiger partial charge >= 0.3 is 0 Å². The Balaban J connectivity index is 1.64. The van der Waals surface area contributed by atoms with Crippen molar-refractivity contribution in [1.29, 1.82) is 0 Å². The number of anilines is 1. The molecule has 1 atom stereocenters. The predicted molar refractivity (Wildman–Crippen MR) is 135 cm³/mol. The number of aliphatic hydroxyl groups excluding tert-OH is 1. The summed E-state index contributed by atoms with van der Waals surface area (Å²) in [6, 6.07) is 8.17. The Kier molecular flexibility index (Phi) is 7.25. The van der Waals surface area contributed by atoms with Crippen molar-refractivity contribution in [3.8, 4) is 11.5 Å². The Labute approximate surface area is 221 Å². The van der Waals surface area contributed by atoms with Gasteiger partial charge in [-0.1, -0.05) is 22.8 Å². The summed E-state index contributed by atoms with van der Waals surface area (Å²) < 4.78 is 56.0. The summed E-state index contributed by atoms with van der Waals surface area (Å²) >= 11 is 7.42. The molecule has 0 saturated carbocycles. The van der Waals surface area contributed by atoms with E-state index < -0.39 is 22.9 Å². The largest absolute Gasteiger partial charge is 0.454 e. The third kappa shape index (κ3) is 4.74. The maximum Gasteiger partial charge on any atom is 0.270 e. The van der Waals surface area contributed by atoms with Gasteiger partial charge in [-0.2, -0.15) is 0 Å². The van der Waals surface area contributed by atoms with Gasteiger partial charge in [-0.05, 0) is 36.8 Å². The van der Waals surface area contributed by atoms with Gasteiger partial charge in [-0.3, -0.25) is 0 Å². The lowest BCUT2D eigenvalue weighted by Crippen LogP contribution is -2.34. The van der Waals surface area contributed by atoms with Gasteiger partial charge in [0, 0.05) is 18.7 Å². The molecule has 3 aromatic heterocycles. The Morgan fingerprint density at radius 2 is 2.05 bits per heavy atom. The van der Waals surface area contributed by atoms with Gasteiger partial charge in [0.2, 0.25) is 6.79 Å². The van der Waals surface area contributed by atoms with E-state index in [9.17, 15) is 13.5 Å². The van der Waals surface area contributed by atoms with Crippen LogP contribution in [-0.2, 0) is 19.5 Å². The molecule has 1 aliphatic heterocycles. The first-order valence-corrected chi connectivity index (χ1v) is 13.6. The second-order valence-electron chi connectivity index (χ2n) is 7.94. The van der Waals surface area contributed by atoms with Crippen LogP contribution in [0.5, 0.6) is 11.5 Å². The van der Waals surface area contributed by atoms with Crippen LogP contribution in [0.15, 0.2) is 45.9 Å². The van der Waals surface area contributed by atoms with Crippen molar-refractivity contribution in [1.82, 2.24) is 10.1 Å². The summed E-state index contributed by atoms with van der Waals surface area (Å²) in [6.45, 7) is 1.58. The molecule has 14 heteroatoms. The second kappa shape index (κ2) is 10.4. The molecule has 0 aliphatic carbocycles. The average Bonchev–Trinajstić information content (AvgIpc) is 3.61. The molecule has 1 unspecified atom stereocenters. The highest BCUT2D eigenvalue weighted by Crippen LogP contribution is 2.44. The van der Waals surface area contributed by atoms with Crippen molar-refractivity contribution >= 4 is 49.1 Å². The standard InChI is InChI=1S/C23H22ClN3O8S2/c1-13-18(24)23(35-26-13)27(11-32-9-8-31-2)37(29,30)21-15-4-3-7-25-22(15)36-20(21)19(28)14-5-6-16-17(10-14)34-12-33-16/h3-7,10,19,28H,8-9,11-12H2,1-2H3. The molecule has 11 nitrogen and oxygen atoms in total. The molecule has 0 bridgehead atoms. The number of aromatic nitrogens is 2. The number of pyridine rings is 1. The highest BCUT2D eigenvalue weighted by Gasteiger charge is 2.37. The van der Waals surface area contributed by atoms with Gasteiger partial charge in [0.25, 0.3) is 15.9 Å². The second-order valence-corrected chi connectivity index (χ2v) is 11.1. The van der Waals surface area contributed by atoms with Crippen molar-refractivity contribution in [3.05, 3.63) is 57.7 Å². The van der Waals surface area contributed by atoms with Gasteiger partial charge in [0.05, 0.1) is 18.1 Å². The normalized spacial score (nSPS) is 13.8. The van der Waals surface area contributed by atoms with E-state index in [2.05, 4.69) is 10.1 Å². The smallest absolute Gasteiger partial charge is 0.270 e. The lowest BCUT2D eigenvalue weighted by molar-refractivity contribution is 0.0744. The minimum atomic E-state index is -4.43. The fourth-order valence-corrected chi connectivity index (χ4v) is 7.11.